The normalized spacial score (nSPS) is 17.4. The van der Waals surface area contributed by atoms with Crippen molar-refractivity contribution in [1.82, 2.24) is 19.5 Å². The Kier molecular flexibility index (Phi) is 9.03. The molecule has 0 aliphatic rings. The molecule has 0 fully saturated rings. The molecule has 7 N–H and O–H groups in total. The lowest BCUT2D eigenvalue weighted by Gasteiger charge is -2.41. The highest BCUT2D eigenvalue weighted by Crippen LogP contribution is 2.61. The number of methoxy groups -OCH3 is 1. The highest BCUT2D eigenvalue weighted by Gasteiger charge is 2.50. The molecule has 0 saturated heterocycles. The third kappa shape index (κ3) is 5.35. The van der Waals surface area contributed by atoms with Gasteiger partial charge in [0.15, 0.2) is 22.7 Å². The first-order valence-electron chi connectivity index (χ1n) is 11.2. The average Bonchev–Trinajstić information content (AvgIpc) is 3.24. The molecular weight excluding hydrogens is 469 g/mol. The van der Waals surface area contributed by atoms with Crippen LogP contribution in [0.15, 0.2) is 11.1 Å². The molecule has 2 heterocycles. The number of imidazole rings is 1. The number of H-pyrrole nitrogens is 1. The number of hydrogen-bond donors (Lipinski definition) is 6. The molecule has 0 amide bonds. The fourth-order valence-electron chi connectivity index (χ4n) is 3.91. The van der Waals surface area contributed by atoms with Crippen molar-refractivity contribution < 1.29 is 34.0 Å². The van der Waals surface area contributed by atoms with Crippen LogP contribution in [-0.4, -0.2) is 70.0 Å². The Morgan fingerprint density at radius 3 is 2.29 bits per heavy atom. The van der Waals surface area contributed by atoms with Crippen LogP contribution in [0.1, 0.15) is 66.0 Å². The maximum absolute atomic E-state index is 13.1. The van der Waals surface area contributed by atoms with Gasteiger partial charge in [0.25, 0.3) is 5.56 Å². The first kappa shape index (κ1) is 28.4. The summed E-state index contributed by atoms with van der Waals surface area (Å²) in [5, 5.41) is 30.5. The number of rotatable bonds is 13. The Balaban J connectivity index is 2.37. The van der Waals surface area contributed by atoms with E-state index in [9.17, 15) is 29.6 Å². The number of ether oxygens (including phenoxy) is 1. The van der Waals surface area contributed by atoms with Crippen LogP contribution in [0.2, 0.25) is 0 Å². The first-order chi connectivity index (χ1) is 15.8. The lowest BCUT2D eigenvalue weighted by Crippen LogP contribution is -2.44. The first-order valence-corrected chi connectivity index (χ1v) is 12.8. The highest BCUT2D eigenvalue weighted by atomic mass is 31.2. The maximum Gasteiger partial charge on any atom is 0.359 e. The summed E-state index contributed by atoms with van der Waals surface area (Å²) in [6.45, 7) is 6.68. The molecule has 1 unspecified atom stereocenters. The van der Waals surface area contributed by atoms with Crippen molar-refractivity contribution in [3.63, 3.8) is 0 Å². The van der Waals surface area contributed by atoms with Gasteiger partial charge in [-0.2, -0.15) is 4.98 Å². The van der Waals surface area contributed by atoms with E-state index in [1.54, 1.807) is 27.7 Å². The second-order valence-corrected chi connectivity index (χ2v) is 10.4. The standard InChI is InChI=1S/C20H36N5O8P/c1-6-19(7-2,33-34(30,31)20(29,8-3)9-4)10-12(32-5)14(26)17(28)25-11-22-13-15(25)23-18(21)24-16(13)27/h11-12,14,17,26,28-29H,6-10H2,1-5H3,(H,30,31)(H3,21,23,24,27)/t12-,14-,17-/m1/s1. The lowest BCUT2D eigenvalue weighted by molar-refractivity contribution is -0.126. The summed E-state index contributed by atoms with van der Waals surface area (Å²) in [6, 6.07) is 0. The van der Waals surface area contributed by atoms with Gasteiger partial charge in [-0.25, -0.2) is 4.98 Å². The summed E-state index contributed by atoms with van der Waals surface area (Å²) in [5.41, 5.74) is 3.62. The Morgan fingerprint density at radius 2 is 1.79 bits per heavy atom. The summed E-state index contributed by atoms with van der Waals surface area (Å²) in [5.74, 6) is -0.188. The quantitative estimate of drug-likeness (QED) is 0.213. The van der Waals surface area contributed by atoms with E-state index in [1.807, 2.05) is 0 Å². The zero-order valence-electron chi connectivity index (χ0n) is 20.1. The van der Waals surface area contributed by atoms with E-state index in [-0.39, 0.29) is 49.2 Å². The van der Waals surface area contributed by atoms with Crippen LogP contribution in [0.4, 0.5) is 5.95 Å². The van der Waals surface area contributed by atoms with Crippen LogP contribution >= 0.6 is 7.60 Å². The predicted octanol–water partition coefficient (Wildman–Crippen LogP) is 1.23. The van der Waals surface area contributed by atoms with Gasteiger partial charge in [0.05, 0.1) is 18.0 Å². The third-order valence-electron chi connectivity index (χ3n) is 6.56. The van der Waals surface area contributed by atoms with Crippen molar-refractivity contribution in [2.75, 3.05) is 12.8 Å². The van der Waals surface area contributed by atoms with Crippen LogP contribution in [-0.2, 0) is 13.8 Å². The van der Waals surface area contributed by atoms with Gasteiger partial charge in [-0.1, -0.05) is 27.7 Å². The van der Waals surface area contributed by atoms with E-state index in [1.165, 1.54) is 7.11 Å². The molecule has 0 spiro atoms. The minimum Gasteiger partial charge on any atom is -0.386 e. The SMILES string of the molecule is CCC(CC)(C[C@@H](OC)[C@@H](O)[C@@H](O)n1cnc2c(=O)[nH]c(N)nc21)OP(=O)(O)C(O)(CC)CC. The number of nitrogen functional groups attached to an aromatic ring is 1. The van der Waals surface area contributed by atoms with Crippen molar-refractivity contribution in [2.45, 2.75) is 89.2 Å². The van der Waals surface area contributed by atoms with E-state index in [0.717, 1.165) is 10.9 Å². The molecule has 34 heavy (non-hydrogen) atoms. The van der Waals surface area contributed by atoms with Gasteiger partial charge in [-0.15, -0.1) is 0 Å². The fourth-order valence-corrected chi connectivity index (χ4v) is 5.73. The second kappa shape index (κ2) is 10.8. The molecule has 0 aromatic carbocycles. The monoisotopic (exact) mass is 505 g/mol. The van der Waals surface area contributed by atoms with E-state index in [2.05, 4.69) is 15.0 Å². The summed E-state index contributed by atoms with van der Waals surface area (Å²) in [4.78, 5) is 32.9. The second-order valence-electron chi connectivity index (χ2n) is 8.35. The van der Waals surface area contributed by atoms with Crippen molar-refractivity contribution >= 4 is 24.7 Å². The van der Waals surface area contributed by atoms with E-state index in [0.29, 0.717) is 0 Å². The molecule has 14 heteroatoms. The average molecular weight is 506 g/mol. The van der Waals surface area contributed by atoms with Crippen molar-refractivity contribution in [3.8, 4) is 0 Å². The largest absolute Gasteiger partial charge is 0.386 e. The molecule has 2 rings (SSSR count). The Labute approximate surface area is 197 Å². The molecule has 0 aliphatic heterocycles. The molecule has 0 bridgehead atoms. The Bertz CT molecular complexity index is 1060. The summed E-state index contributed by atoms with van der Waals surface area (Å²) in [6.07, 6.45) is -2.66. The number of anilines is 1. The number of aromatic amines is 1. The van der Waals surface area contributed by atoms with Gasteiger partial charge in [-0.3, -0.25) is 23.4 Å². The zero-order valence-corrected chi connectivity index (χ0v) is 21.0. The van der Waals surface area contributed by atoms with Crippen molar-refractivity contribution in [2.24, 2.45) is 0 Å². The van der Waals surface area contributed by atoms with Gasteiger partial charge in [0.1, 0.15) is 6.10 Å². The number of aliphatic hydroxyl groups is 3. The predicted molar refractivity (Wildman–Crippen MR) is 125 cm³/mol. The summed E-state index contributed by atoms with van der Waals surface area (Å²) < 4.78 is 25.3. The van der Waals surface area contributed by atoms with Gasteiger partial charge >= 0.3 is 7.60 Å². The number of nitrogens with one attached hydrogen (secondary N) is 1. The molecule has 13 nitrogen and oxygen atoms in total. The molecule has 2 aromatic heterocycles. The zero-order chi connectivity index (χ0) is 25.9. The molecule has 0 aliphatic carbocycles. The van der Waals surface area contributed by atoms with E-state index >= 15 is 0 Å². The van der Waals surface area contributed by atoms with E-state index in [4.69, 9.17) is 15.0 Å². The molecule has 194 valence electrons. The highest BCUT2D eigenvalue weighted by molar-refractivity contribution is 7.54. The molecule has 0 saturated carbocycles. The Morgan fingerprint density at radius 1 is 1.21 bits per heavy atom. The molecule has 2 aromatic rings. The van der Waals surface area contributed by atoms with Gasteiger partial charge < -0.3 is 30.7 Å². The van der Waals surface area contributed by atoms with E-state index < -0.39 is 42.5 Å². The fraction of sp³-hybridized carbons (Fsp3) is 0.750. The number of nitrogens with two attached hydrogens (primary N) is 1. The summed E-state index contributed by atoms with van der Waals surface area (Å²) in [7, 11) is -3.19. The summed E-state index contributed by atoms with van der Waals surface area (Å²) >= 11 is 0. The molecule has 0 radical (unpaired) electrons. The minimum atomic E-state index is -4.50. The number of aromatic nitrogens is 4. The van der Waals surface area contributed by atoms with Crippen molar-refractivity contribution in [3.05, 3.63) is 16.7 Å². The van der Waals surface area contributed by atoms with Gasteiger partial charge in [0.2, 0.25) is 5.95 Å². The van der Waals surface area contributed by atoms with Crippen molar-refractivity contribution in [1.29, 1.82) is 0 Å². The molecular formula is C20H36N5O8P. The minimum absolute atomic E-state index is 0.0127. The lowest BCUT2D eigenvalue weighted by atomic mass is 9.88. The maximum atomic E-state index is 13.1. The number of fused-ring (bicyclic) bond motifs is 1. The smallest absolute Gasteiger partial charge is 0.359 e. The Hall–Kier alpha value is -1.86. The van der Waals surface area contributed by atoms with Crippen LogP contribution in [0, 0.1) is 0 Å². The van der Waals surface area contributed by atoms with Crippen LogP contribution in [0.3, 0.4) is 0 Å². The number of aliphatic hydroxyl groups excluding tert-OH is 2. The topological polar surface area (TPSA) is 206 Å². The van der Waals surface area contributed by atoms with Gasteiger partial charge in [-0.05, 0) is 25.7 Å². The molecule has 4 atom stereocenters. The third-order valence-corrected chi connectivity index (χ3v) is 8.88. The number of nitrogens with zero attached hydrogens (tertiary/aromatic N) is 3. The van der Waals surface area contributed by atoms with Crippen LogP contribution in [0.5, 0.6) is 0 Å². The van der Waals surface area contributed by atoms with Crippen LogP contribution in [0.25, 0.3) is 11.2 Å². The van der Waals surface area contributed by atoms with Gasteiger partial charge in [0, 0.05) is 13.5 Å². The van der Waals surface area contributed by atoms with Crippen LogP contribution < -0.4 is 11.3 Å². The number of hydrogen-bond acceptors (Lipinski definition) is 10.